The van der Waals surface area contributed by atoms with Gasteiger partial charge in [0.2, 0.25) is 5.88 Å². The number of ether oxygens (including phenoxy) is 1. The van der Waals surface area contributed by atoms with Crippen molar-refractivity contribution in [2.45, 2.75) is 17.7 Å². The van der Waals surface area contributed by atoms with Gasteiger partial charge in [0, 0.05) is 24.1 Å². The fourth-order valence-electron chi connectivity index (χ4n) is 3.82. The zero-order chi connectivity index (χ0) is 24.4. The smallest absolute Gasteiger partial charge is 0.303 e. The highest BCUT2D eigenvalue weighted by molar-refractivity contribution is 7.90. The Morgan fingerprint density at radius 2 is 1.86 bits per heavy atom. The predicted octanol–water partition coefficient (Wildman–Crippen LogP) is 5.81. The lowest BCUT2D eigenvalue weighted by molar-refractivity contribution is -0.136. The summed E-state index contributed by atoms with van der Waals surface area (Å²) in [6.45, 7) is 0. The number of hydrogen-bond donors (Lipinski definition) is 1. The predicted molar refractivity (Wildman–Crippen MR) is 135 cm³/mol. The lowest BCUT2D eigenvalue weighted by Gasteiger charge is -2.09. The standard InChI is InChI=1S/C26H20N2O5S2/c29-26(30)11-7-19-16-28(24-9-6-18(14-23(19)24)20-12-13-34-17-20)35(31,32)22-8-10-25(27-15-22)33-21-4-2-1-3-5-21/h1-6,8-10,12-17H,7,11H2,(H,29,30). The van der Waals surface area contributed by atoms with Gasteiger partial charge in [-0.25, -0.2) is 17.4 Å². The molecule has 0 spiro atoms. The first-order valence-electron chi connectivity index (χ1n) is 10.7. The number of pyridine rings is 1. The number of aryl methyl sites for hydroxylation is 1. The topological polar surface area (TPSA) is 98.5 Å². The Morgan fingerprint density at radius 1 is 1.03 bits per heavy atom. The van der Waals surface area contributed by atoms with Gasteiger partial charge in [-0.3, -0.25) is 4.79 Å². The highest BCUT2D eigenvalue weighted by Gasteiger charge is 2.22. The molecule has 0 radical (unpaired) electrons. The molecular weight excluding hydrogens is 484 g/mol. The summed E-state index contributed by atoms with van der Waals surface area (Å²) in [6.07, 6.45) is 2.88. The van der Waals surface area contributed by atoms with E-state index in [2.05, 4.69) is 4.98 Å². The van der Waals surface area contributed by atoms with Crippen molar-refractivity contribution >= 4 is 38.2 Å². The minimum Gasteiger partial charge on any atom is -0.481 e. The molecule has 2 aromatic carbocycles. The number of hydrogen-bond acceptors (Lipinski definition) is 6. The van der Waals surface area contributed by atoms with Crippen LogP contribution in [0, 0.1) is 0 Å². The molecule has 0 unspecified atom stereocenters. The molecule has 0 aliphatic carbocycles. The van der Waals surface area contributed by atoms with Crippen molar-refractivity contribution in [2.75, 3.05) is 0 Å². The Kier molecular flexibility index (Phi) is 6.10. The van der Waals surface area contributed by atoms with Crippen LogP contribution in [0.15, 0.2) is 94.8 Å². The van der Waals surface area contributed by atoms with E-state index < -0.39 is 16.0 Å². The van der Waals surface area contributed by atoms with Gasteiger partial charge in [0.15, 0.2) is 0 Å². The number of para-hydroxylation sites is 1. The van der Waals surface area contributed by atoms with Gasteiger partial charge >= 0.3 is 5.97 Å². The number of rotatable bonds is 8. The van der Waals surface area contributed by atoms with Crippen LogP contribution in [0.2, 0.25) is 0 Å². The van der Waals surface area contributed by atoms with Crippen LogP contribution >= 0.6 is 11.3 Å². The summed E-state index contributed by atoms with van der Waals surface area (Å²) < 4.78 is 34.0. The van der Waals surface area contributed by atoms with Gasteiger partial charge in [-0.2, -0.15) is 11.3 Å². The second kappa shape index (κ2) is 9.36. The molecule has 0 fully saturated rings. The molecule has 0 aliphatic heterocycles. The van der Waals surface area contributed by atoms with Gasteiger partial charge in [-0.05, 0) is 70.3 Å². The first-order valence-corrected chi connectivity index (χ1v) is 13.1. The van der Waals surface area contributed by atoms with Crippen molar-refractivity contribution in [1.29, 1.82) is 0 Å². The van der Waals surface area contributed by atoms with Crippen LogP contribution in [0.25, 0.3) is 22.0 Å². The fourth-order valence-corrected chi connectivity index (χ4v) is 5.82. The maximum absolute atomic E-state index is 13.5. The largest absolute Gasteiger partial charge is 0.481 e. The summed E-state index contributed by atoms with van der Waals surface area (Å²) in [5.74, 6) is -0.0764. The lowest BCUT2D eigenvalue weighted by Crippen LogP contribution is -2.12. The number of aromatic nitrogens is 2. The third-order valence-corrected chi connectivity index (χ3v) is 7.89. The summed E-state index contributed by atoms with van der Waals surface area (Å²) in [5, 5.41) is 13.9. The Balaban J connectivity index is 1.53. The minimum atomic E-state index is -3.99. The molecule has 0 atom stereocenters. The highest BCUT2D eigenvalue weighted by Crippen LogP contribution is 2.32. The van der Waals surface area contributed by atoms with E-state index in [1.807, 2.05) is 47.2 Å². The van der Waals surface area contributed by atoms with Crippen LogP contribution in [0.3, 0.4) is 0 Å². The van der Waals surface area contributed by atoms with E-state index in [1.165, 1.54) is 28.5 Å². The molecular formula is C26H20N2O5S2. The summed E-state index contributed by atoms with van der Waals surface area (Å²) >= 11 is 1.57. The lowest BCUT2D eigenvalue weighted by atomic mass is 10.0. The number of fused-ring (bicyclic) bond motifs is 1. The van der Waals surface area contributed by atoms with Crippen molar-refractivity contribution < 1.29 is 23.1 Å². The molecule has 3 aromatic heterocycles. The molecule has 0 aliphatic rings. The maximum atomic E-state index is 13.5. The van der Waals surface area contributed by atoms with E-state index in [0.717, 1.165) is 11.1 Å². The molecule has 7 nitrogen and oxygen atoms in total. The Hall–Kier alpha value is -3.95. The van der Waals surface area contributed by atoms with Crippen LogP contribution < -0.4 is 4.74 Å². The number of nitrogens with zero attached hydrogens (tertiary/aromatic N) is 2. The number of carboxylic acid groups (broad SMARTS) is 1. The normalized spacial score (nSPS) is 11.5. The van der Waals surface area contributed by atoms with Gasteiger partial charge < -0.3 is 9.84 Å². The Morgan fingerprint density at radius 3 is 2.54 bits per heavy atom. The molecule has 35 heavy (non-hydrogen) atoms. The molecule has 176 valence electrons. The first kappa shape index (κ1) is 22.8. The number of carboxylic acids is 1. The zero-order valence-corrected chi connectivity index (χ0v) is 20.0. The number of carbonyl (C=O) groups is 1. The van der Waals surface area contributed by atoms with Gasteiger partial charge in [-0.15, -0.1) is 0 Å². The monoisotopic (exact) mass is 504 g/mol. The van der Waals surface area contributed by atoms with E-state index in [4.69, 9.17) is 4.74 Å². The summed E-state index contributed by atoms with van der Waals surface area (Å²) in [4.78, 5) is 15.4. The average Bonchev–Trinajstić information content (AvgIpc) is 3.52. The first-order chi connectivity index (χ1) is 16.9. The van der Waals surface area contributed by atoms with Gasteiger partial charge in [0.05, 0.1) is 11.7 Å². The molecule has 0 amide bonds. The number of benzene rings is 2. The molecule has 5 aromatic rings. The molecule has 5 rings (SSSR count). The van der Waals surface area contributed by atoms with Crippen molar-refractivity contribution in [3.8, 4) is 22.8 Å². The zero-order valence-electron chi connectivity index (χ0n) is 18.4. The maximum Gasteiger partial charge on any atom is 0.303 e. The number of thiophene rings is 1. The quantitative estimate of drug-likeness (QED) is 0.286. The number of aliphatic carboxylic acids is 1. The third kappa shape index (κ3) is 4.68. The Labute approximate surface area is 205 Å². The van der Waals surface area contributed by atoms with Gasteiger partial charge in [-0.1, -0.05) is 24.3 Å². The fraction of sp³-hybridized carbons (Fsp3) is 0.0769. The van der Waals surface area contributed by atoms with Crippen molar-refractivity contribution in [3.05, 3.63) is 95.4 Å². The molecule has 0 saturated carbocycles. The van der Waals surface area contributed by atoms with Gasteiger partial charge in [0.1, 0.15) is 10.6 Å². The average molecular weight is 505 g/mol. The van der Waals surface area contributed by atoms with Crippen LogP contribution in [-0.4, -0.2) is 28.5 Å². The second-order valence-corrected chi connectivity index (χ2v) is 10.4. The minimum absolute atomic E-state index is 0.00140. The van der Waals surface area contributed by atoms with Crippen LogP contribution in [0.1, 0.15) is 12.0 Å². The van der Waals surface area contributed by atoms with Crippen molar-refractivity contribution in [3.63, 3.8) is 0 Å². The van der Waals surface area contributed by atoms with E-state index in [-0.39, 0.29) is 23.6 Å². The van der Waals surface area contributed by atoms with E-state index >= 15 is 0 Å². The molecule has 3 heterocycles. The van der Waals surface area contributed by atoms with Crippen LogP contribution in [0.4, 0.5) is 0 Å². The SMILES string of the molecule is O=C(O)CCc1cn(S(=O)(=O)c2ccc(Oc3ccccc3)nc2)c2ccc(-c3ccsc3)cc12. The third-order valence-electron chi connectivity index (χ3n) is 5.55. The van der Waals surface area contributed by atoms with Gasteiger partial charge in [0.25, 0.3) is 10.0 Å². The second-order valence-electron chi connectivity index (χ2n) is 7.84. The summed E-state index contributed by atoms with van der Waals surface area (Å²) in [6, 6.07) is 19.6. The Bertz CT molecular complexity index is 1590. The molecule has 0 bridgehead atoms. The van der Waals surface area contributed by atoms with E-state index in [9.17, 15) is 18.3 Å². The van der Waals surface area contributed by atoms with Crippen molar-refractivity contribution in [2.24, 2.45) is 0 Å². The summed E-state index contributed by atoms with van der Waals surface area (Å²) in [7, 11) is -3.99. The van der Waals surface area contributed by atoms with Crippen molar-refractivity contribution in [1.82, 2.24) is 8.96 Å². The summed E-state index contributed by atoms with van der Waals surface area (Å²) in [5.41, 5.74) is 3.10. The molecule has 0 saturated heterocycles. The van der Waals surface area contributed by atoms with E-state index in [0.29, 0.717) is 22.2 Å². The van der Waals surface area contributed by atoms with E-state index in [1.54, 1.807) is 29.5 Å². The van der Waals surface area contributed by atoms with Crippen LogP contribution in [0.5, 0.6) is 11.6 Å². The molecule has 1 N–H and O–H groups in total. The van der Waals surface area contributed by atoms with Crippen LogP contribution in [-0.2, 0) is 21.2 Å². The highest BCUT2D eigenvalue weighted by atomic mass is 32.2. The molecule has 9 heteroatoms.